The highest BCUT2D eigenvalue weighted by Crippen LogP contribution is 2.52. The van der Waals surface area contributed by atoms with Crippen LogP contribution in [0.2, 0.25) is 0 Å². The molecule has 2 aromatic carbocycles. The lowest BCUT2D eigenvalue weighted by molar-refractivity contribution is -0.286. The third-order valence-corrected chi connectivity index (χ3v) is 10.9. The normalized spacial score (nSPS) is 25.6. The van der Waals surface area contributed by atoms with Crippen molar-refractivity contribution in [2.24, 2.45) is 17.8 Å². The first kappa shape index (κ1) is 30.6. The first-order valence-electron chi connectivity index (χ1n) is 16.6. The summed E-state index contributed by atoms with van der Waals surface area (Å²) in [4.78, 5) is 33.9. The molecule has 7 rings (SSSR count). The topological polar surface area (TPSA) is 80.8 Å². The molecule has 1 aromatic heterocycles. The molecule has 3 aromatic rings. The Labute approximate surface area is 268 Å². The van der Waals surface area contributed by atoms with Crippen LogP contribution in [0.5, 0.6) is 11.5 Å². The van der Waals surface area contributed by atoms with Gasteiger partial charge >= 0.3 is 6.29 Å². The quantitative estimate of drug-likeness (QED) is 0.286. The van der Waals surface area contributed by atoms with Gasteiger partial charge in [-0.3, -0.25) is 9.59 Å². The van der Waals surface area contributed by atoms with Crippen LogP contribution < -0.4 is 14.8 Å². The van der Waals surface area contributed by atoms with Crippen molar-refractivity contribution in [2.45, 2.75) is 89.4 Å². The van der Waals surface area contributed by atoms with Gasteiger partial charge in [0.05, 0.1) is 11.1 Å². The molecule has 7 nitrogen and oxygen atoms in total. The van der Waals surface area contributed by atoms with Gasteiger partial charge in [0, 0.05) is 24.2 Å². The van der Waals surface area contributed by atoms with Gasteiger partial charge in [0.25, 0.3) is 5.91 Å². The highest BCUT2D eigenvalue weighted by Gasteiger charge is 2.53. The van der Waals surface area contributed by atoms with E-state index < -0.39 is 11.7 Å². The number of nitrogens with one attached hydrogen (secondary N) is 1. The highest BCUT2D eigenvalue weighted by atomic mass is 19.3. The predicted molar refractivity (Wildman–Crippen MR) is 171 cm³/mol. The van der Waals surface area contributed by atoms with E-state index in [1.807, 2.05) is 49.2 Å². The first-order valence-corrected chi connectivity index (χ1v) is 16.6. The van der Waals surface area contributed by atoms with Crippen LogP contribution in [-0.2, 0) is 10.2 Å². The van der Waals surface area contributed by atoms with E-state index in [9.17, 15) is 18.4 Å². The number of alkyl halides is 2. The zero-order chi connectivity index (χ0) is 32.2. The standard InChI is InChI=1S/C37H41F2N3O4/c1-22-7-9-25(19-22)24-10-13-29(14-11-24)42(3)34(43)27-6-4-5-26(20-27)33-23(2)8-16-32(40-33)41-35(44)36(17-18-36)28-12-15-30-31(21-28)46-37(38,39)45-30/h4-6,8,12,15-16,20-22,24-25,29H,7,9-11,13-14,17-19H2,1-3H3,(H,40,41,44). The third-order valence-electron chi connectivity index (χ3n) is 10.9. The fourth-order valence-electron chi connectivity index (χ4n) is 7.95. The molecule has 0 bridgehead atoms. The van der Waals surface area contributed by atoms with Crippen LogP contribution in [0.15, 0.2) is 54.6 Å². The number of carbonyl (C=O) groups excluding carboxylic acids is 2. The second-order valence-corrected chi connectivity index (χ2v) is 14.0. The van der Waals surface area contributed by atoms with Gasteiger partial charge < -0.3 is 19.7 Å². The van der Waals surface area contributed by atoms with Crippen LogP contribution in [0.3, 0.4) is 0 Å². The van der Waals surface area contributed by atoms with Crippen molar-refractivity contribution in [2.75, 3.05) is 12.4 Å². The first-order chi connectivity index (χ1) is 22.0. The van der Waals surface area contributed by atoms with Crippen LogP contribution in [0, 0.1) is 24.7 Å². The molecule has 2 heterocycles. The molecule has 46 heavy (non-hydrogen) atoms. The second kappa shape index (κ2) is 11.7. The largest absolute Gasteiger partial charge is 0.586 e. The maximum Gasteiger partial charge on any atom is 0.586 e. The van der Waals surface area contributed by atoms with Crippen molar-refractivity contribution >= 4 is 17.6 Å². The molecule has 3 fully saturated rings. The van der Waals surface area contributed by atoms with E-state index in [0.29, 0.717) is 35.5 Å². The van der Waals surface area contributed by atoms with Crippen molar-refractivity contribution in [1.29, 1.82) is 0 Å². The monoisotopic (exact) mass is 629 g/mol. The summed E-state index contributed by atoms with van der Waals surface area (Å²) in [6, 6.07) is 15.9. The SMILES string of the molecule is Cc1ccc(NC(=O)C2(c3ccc4c(c3)OC(F)(F)O4)CC2)nc1-c1cccc(C(=O)N(C)C2CCC(C3CCC(C)C3)CC2)c1. The number of halogens is 2. The second-order valence-electron chi connectivity index (χ2n) is 14.0. The van der Waals surface area contributed by atoms with Crippen molar-refractivity contribution in [1.82, 2.24) is 9.88 Å². The third kappa shape index (κ3) is 5.84. The van der Waals surface area contributed by atoms with Crippen LogP contribution in [0.25, 0.3) is 11.3 Å². The molecule has 4 aliphatic rings. The van der Waals surface area contributed by atoms with Gasteiger partial charge in [-0.15, -0.1) is 8.78 Å². The molecular formula is C37H41F2N3O4. The minimum absolute atomic E-state index is 0.0130. The number of carbonyl (C=O) groups is 2. The van der Waals surface area contributed by atoms with Crippen molar-refractivity contribution in [3.05, 3.63) is 71.3 Å². The number of rotatable bonds is 7. The molecule has 1 N–H and O–H groups in total. The zero-order valence-electron chi connectivity index (χ0n) is 26.7. The maximum absolute atomic E-state index is 13.7. The van der Waals surface area contributed by atoms with E-state index in [1.54, 1.807) is 12.1 Å². The fraction of sp³-hybridized carbons (Fsp3) is 0.486. The van der Waals surface area contributed by atoms with E-state index in [2.05, 4.69) is 21.7 Å². The van der Waals surface area contributed by atoms with Gasteiger partial charge in [-0.2, -0.15) is 0 Å². The summed E-state index contributed by atoms with van der Waals surface area (Å²) in [5.74, 6) is 2.51. The van der Waals surface area contributed by atoms with Crippen LogP contribution in [0.4, 0.5) is 14.6 Å². The van der Waals surface area contributed by atoms with E-state index in [0.717, 1.165) is 41.7 Å². The lowest BCUT2D eigenvalue weighted by atomic mass is 9.77. The Kier molecular flexibility index (Phi) is 7.76. The number of pyridine rings is 1. The molecule has 3 saturated carbocycles. The van der Waals surface area contributed by atoms with Crippen molar-refractivity contribution in [3.63, 3.8) is 0 Å². The van der Waals surface area contributed by atoms with Crippen LogP contribution >= 0.6 is 0 Å². The molecule has 0 spiro atoms. The Hall–Kier alpha value is -4.01. The molecule has 0 radical (unpaired) electrons. The van der Waals surface area contributed by atoms with Crippen molar-refractivity contribution in [3.8, 4) is 22.8 Å². The van der Waals surface area contributed by atoms with E-state index in [1.165, 1.54) is 44.2 Å². The van der Waals surface area contributed by atoms with Gasteiger partial charge in [0.2, 0.25) is 5.91 Å². The lowest BCUT2D eigenvalue weighted by Gasteiger charge is -2.37. The number of anilines is 1. The molecular weight excluding hydrogens is 588 g/mol. The fourth-order valence-corrected chi connectivity index (χ4v) is 7.95. The Morgan fingerprint density at radius 3 is 2.37 bits per heavy atom. The van der Waals surface area contributed by atoms with Crippen LogP contribution in [-0.4, -0.2) is 41.1 Å². The number of aromatic nitrogens is 1. The van der Waals surface area contributed by atoms with Gasteiger partial charge in [0.15, 0.2) is 11.5 Å². The number of hydrogen-bond donors (Lipinski definition) is 1. The lowest BCUT2D eigenvalue weighted by Crippen LogP contribution is -2.40. The smallest absolute Gasteiger partial charge is 0.395 e. The highest BCUT2D eigenvalue weighted by molar-refractivity contribution is 6.01. The Morgan fingerprint density at radius 2 is 1.65 bits per heavy atom. The summed E-state index contributed by atoms with van der Waals surface area (Å²) in [7, 11) is 1.93. The summed E-state index contributed by atoms with van der Waals surface area (Å²) >= 11 is 0. The minimum Gasteiger partial charge on any atom is -0.395 e. The summed E-state index contributed by atoms with van der Waals surface area (Å²) in [5.41, 5.74) is 2.74. The number of hydrogen-bond acceptors (Lipinski definition) is 5. The number of benzene rings is 2. The Balaban J connectivity index is 1.03. The molecule has 2 atom stereocenters. The van der Waals surface area contributed by atoms with Gasteiger partial charge in [-0.1, -0.05) is 37.6 Å². The number of nitrogens with zero attached hydrogens (tertiary/aromatic N) is 2. The number of aryl methyl sites for hydroxylation is 1. The Morgan fingerprint density at radius 1 is 0.913 bits per heavy atom. The summed E-state index contributed by atoms with van der Waals surface area (Å²) in [6.45, 7) is 4.32. The summed E-state index contributed by atoms with van der Waals surface area (Å²) < 4.78 is 36.2. The van der Waals surface area contributed by atoms with Gasteiger partial charge in [0.1, 0.15) is 5.82 Å². The average Bonchev–Trinajstić information content (AvgIpc) is 3.65. The zero-order valence-corrected chi connectivity index (χ0v) is 26.7. The van der Waals surface area contributed by atoms with E-state index >= 15 is 0 Å². The Bertz CT molecular complexity index is 1660. The molecule has 0 saturated heterocycles. The number of fused-ring (bicyclic) bond motifs is 1. The number of amides is 2. The molecule has 1 aliphatic heterocycles. The van der Waals surface area contributed by atoms with E-state index in [4.69, 9.17) is 4.98 Å². The molecule has 2 unspecified atom stereocenters. The number of ether oxygens (including phenoxy) is 2. The van der Waals surface area contributed by atoms with E-state index in [-0.39, 0.29) is 29.4 Å². The minimum atomic E-state index is -3.72. The van der Waals surface area contributed by atoms with Crippen LogP contribution in [0.1, 0.15) is 86.2 Å². The molecule has 9 heteroatoms. The summed E-state index contributed by atoms with van der Waals surface area (Å²) in [5, 5.41) is 2.94. The summed E-state index contributed by atoms with van der Waals surface area (Å²) in [6.07, 6.45) is 6.03. The predicted octanol–water partition coefficient (Wildman–Crippen LogP) is 8.12. The average molecular weight is 630 g/mol. The van der Waals surface area contributed by atoms with Gasteiger partial charge in [-0.25, -0.2) is 4.98 Å². The molecule has 2 amide bonds. The van der Waals surface area contributed by atoms with Crippen molar-refractivity contribution < 1.29 is 27.8 Å². The maximum atomic E-state index is 13.7. The van der Waals surface area contributed by atoms with Gasteiger partial charge in [-0.05, 0) is 118 Å². The molecule has 242 valence electrons. The molecule has 3 aliphatic carbocycles.